The first-order valence-electron chi connectivity index (χ1n) is 9.70. The van der Waals surface area contributed by atoms with Crippen LogP contribution in [0.3, 0.4) is 0 Å². The van der Waals surface area contributed by atoms with Gasteiger partial charge in [-0.05, 0) is 37.6 Å². The van der Waals surface area contributed by atoms with E-state index in [1.165, 1.54) is 12.4 Å². The molecule has 0 aliphatic rings. The molecule has 0 aliphatic heterocycles. The van der Waals surface area contributed by atoms with Crippen LogP contribution in [0.25, 0.3) is 21.8 Å². The Hall–Kier alpha value is -3.43. The van der Waals surface area contributed by atoms with E-state index in [1.807, 2.05) is 32.2 Å². The first-order chi connectivity index (χ1) is 14.6. The molecular weight excluding hydrogens is 409 g/mol. The second-order valence-electron chi connectivity index (χ2n) is 7.61. The van der Waals surface area contributed by atoms with Crippen molar-refractivity contribution in [3.63, 3.8) is 0 Å². The number of amides is 1. The second-order valence-corrected chi connectivity index (χ2v) is 7.61. The quantitative estimate of drug-likeness (QED) is 0.525. The molecule has 4 rings (SSSR count). The van der Waals surface area contributed by atoms with E-state index >= 15 is 0 Å². The number of hydrogen-bond acceptors (Lipinski definition) is 4. The monoisotopic (exact) mass is 430 g/mol. The van der Waals surface area contributed by atoms with E-state index < -0.39 is 18.8 Å². The lowest BCUT2D eigenvalue weighted by molar-refractivity contribution is -0.141. The SMILES string of the molecule is Cc1nn(C)c2ccc(CC(=O)N[C@H](C)c3cc4cnn(CC(F)(F)F)c4cn3)cc12. The molecule has 3 aromatic heterocycles. The second kappa shape index (κ2) is 7.68. The maximum absolute atomic E-state index is 12.7. The number of nitrogens with one attached hydrogen (secondary N) is 1. The molecular formula is C21H21F3N6O. The maximum Gasteiger partial charge on any atom is 0.408 e. The Morgan fingerprint density at radius 3 is 2.71 bits per heavy atom. The Kier molecular flexibility index (Phi) is 5.16. The normalized spacial score (nSPS) is 13.1. The summed E-state index contributed by atoms with van der Waals surface area (Å²) in [5.41, 5.74) is 3.60. The molecule has 3 heterocycles. The molecule has 0 saturated carbocycles. The first kappa shape index (κ1) is 20.8. The highest BCUT2D eigenvalue weighted by molar-refractivity contribution is 5.85. The highest BCUT2D eigenvalue weighted by Crippen LogP contribution is 2.23. The van der Waals surface area contributed by atoms with Crippen molar-refractivity contribution < 1.29 is 18.0 Å². The third-order valence-corrected chi connectivity index (χ3v) is 5.16. The van der Waals surface area contributed by atoms with E-state index in [0.29, 0.717) is 16.6 Å². The topological polar surface area (TPSA) is 77.6 Å². The van der Waals surface area contributed by atoms with E-state index in [2.05, 4.69) is 20.5 Å². The summed E-state index contributed by atoms with van der Waals surface area (Å²) >= 11 is 0. The predicted octanol–water partition coefficient (Wildman–Crippen LogP) is 3.61. The number of aryl methyl sites for hydroxylation is 2. The van der Waals surface area contributed by atoms with Gasteiger partial charge in [-0.1, -0.05) is 6.07 Å². The van der Waals surface area contributed by atoms with Crippen LogP contribution in [0.5, 0.6) is 0 Å². The van der Waals surface area contributed by atoms with Gasteiger partial charge < -0.3 is 5.32 Å². The molecule has 0 bridgehead atoms. The zero-order chi connectivity index (χ0) is 22.3. The molecule has 0 aliphatic carbocycles. The molecule has 7 nitrogen and oxygen atoms in total. The van der Waals surface area contributed by atoms with Gasteiger partial charge in [0.25, 0.3) is 0 Å². The molecule has 1 atom stereocenters. The van der Waals surface area contributed by atoms with Gasteiger partial charge in [-0.25, -0.2) is 0 Å². The largest absolute Gasteiger partial charge is 0.408 e. The Morgan fingerprint density at radius 1 is 1.19 bits per heavy atom. The van der Waals surface area contributed by atoms with Gasteiger partial charge in [-0.2, -0.15) is 23.4 Å². The van der Waals surface area contributed by atoms with Gasteiger partial charge >= 0.3 is 6.18 Å². The van der Waals surface area contributed by atoms with Gasteiger partial charge in [-0.15, -0.1) is 0 Å². The summed E-state index contributed by atoms with van der Waals surface area (Å²) in [7, 11) is 1.88. The number of hydrogen-bond donors (Lipinski definition) is 1. The third-order valence-electron chi connectivity index (χ3n) is 5.16. The van der Waals surface area contributed by atoms with E-state index in [9.17, 15) is 18.0 Å². The van der Waals surface area contributed by atoms with Crippen molar-refractivity contribution in [1.29, 1.82) is 0 Å². The summed E-state index contributed by atoms with van der Waals surface area (Å²) in [6.45, 7) is 2.53. The molecule has 0 saturated heterocycles. The molecule has 1 aromatic carbocycles. The van der Waals surface area contributed by atoms with Crippen LogP contribution in [0.4, 0.5) is 13.2 Å². The van der Waals surface area contributed by atoms with E-state index in [0.717, 1.165) is 26.8 Å². The summed E-state index contributed by atoms with van der Waals surface area (Å²) in [6.07, 6.45) is -1.45. The van der Waals surface area contributed by atoms with Gasteiger partial charge in [-0.3, -0.25) is 19.1 Å². The van der Waals surface area contributed by atoms with Gasteiger partial charge in [0.2, 0.25) is 5.91 Å². The van der Waals surface area contributed by atoms with E-state index in [1.54, 1.807) is 17.7 Å². The molecule has 0 spiro atoms. The Labute approximate surface area is 175 Å². The highest BCUT2D eigenvalue weighted by Gasteiger charge is 2.29. The van der Waals surface area contributed by atoms with Crippen LogP contribution in [0.15, 0.2) is 36.7 Å². The van der Waals surface area contributed by atoms with Crippen molar-refractivity contribution >= 4 is 27.7 Å². The minimum atomic E-state index is -4.36. The average molecular weight is 430 g/mol. The predicted molar refractivity (Wildman–Crippen MR) is 109 cm³/mol. The average Bonchev–Trinajstić information content (AvgIpc) is 3.20. The number of aromatic nitrogens is 5. The maximum atomic E-state index is 12.7. The molecule has 162 valence electrons. The lowest BCUT2D eigenvalue weighted by Crippen LogP contribution is -2.28. The van der Waals surface area contributed by atoms with Crippen LogP contribution in [-0.4, -0.2) is 36.6 Å². The Bertz CT molecular complexity index is 1270. The summed E-state index contributed by atoms with van der Waals surface area (Å²) in [5, 5.41) is 12.6. The molecule has 4 aromatic rings. The number of halogens is 3. The van der Waals surface area contributed by atoms with Gasteiger partial charge in [0.05, 0.1) is 47.3 Å². The van der Waals surface area contributed by atoms with Crippen molar-refractivity contribution in [1.82, 2.24) is 29.9 Å². The molecule has 1 N–H and O–H groups in total. The van der Waals surface area contributed by atoms with Crippen LogP contribution in [0.1, 0.15) is 29.9 Å². The summed E-state index contributed by atoms with van der Waals surface area (Å²) in [4.78, 5) is 16.8. The Balaban J connectivity index is 1.46. The fourth-order valence-electron chi connectivity index (χ4n) is 3.68. The summed E-state index contributed by atoms with van der Waals surface area (Å²) in [6, 6.07) is 7.03. The van der Waals surface area contributed by atoms with Crippen LogP contribution in [0, 0.1) is 6.92 Å². The third kappa shape index (κ3) is 4.37. The minimum absolute atomic E-state index is 0.178. The van der Waals surface area contributed by atoms with Crippen molar-refractivity contribution in [3.8, 4) is 0 Å². The van der Waals surface area contributed by atoms with Crippen molar-refractivity contribution in [2.45, 2.75) is 39.0 Å². The first-order valence-corrected chi connectivity index (χ1v) is 9.70. The Morgan fingerprint density at radius 2 is 1.97 bits per heavy atom. The zero-order valence-corrected chi connectivity index (χ0v) is 17.2. The number of alkyl halides is 3. The summed E-state index contributed by atoms with van der Waals surface area (Å²) < 4.78 is 40.6. The fraction of sp³-hybridized carbons (Fsp3) is 0.333. The van der Waals surface area contributed by atoms with Crippen molar-refractivity contribution in [3.05, 3.63) is 53.6 Å². The minimum Gasteiger partial charge on any atom is -0.348 e. The van der Waals surface area contributed by atoms with Crippen LogP contribution < -0.4 is 5.32 Å². The van der Waals surface area contributed by atoms with Crippen molar-refractivity contribution in [2.24, 2.45) is 7.05 Å². The van der Waals surface area contributed by atoms with Crippen molar-refractivity contribution in [2.75, 3.05) is 0 Å². The van der Waals surface area contributed by atoms with E-state index in [4.69, 9.17) is 0 Å². The molecule has 0 radical (unpaired) electrons. The number of benzene rings is 1. The van der Waals surface area contributed by atoms with E-state index in [-0.39, 0.29) is 12.3 Å². The fourth-order valence-corrected chi connectivity index (χ4v) is 3.68. The number of pyridine rings is 1. The number of rotatable bonds is 5. The van der Waals surface area contributed by atoms with Crippen LogP contribution in [0.2, 0.25) is 0 Å². The van der Waals surface area contributed by atoms with Crippen LogP contribution in [-0.2, 0) is 24.8 Å². The summed E-state index contributed by atoms with van der Waals surface area (Å²) in [5.74, 6) is -0.178. The van der Waals surface area contributed by atoms with Gasteiger partial charge in [0, 0.05) is 17.8 Å². The molecule has 31 heavy (non-hydrogen) atoms. The lowest BCUT2D eigenvalue weighted by atomic mass is 10.1. The van der Waals surface area contributed by atoms with Gasteiger partial charge in [0.15, 0.2) is 0 Å². The number of carbonyl (C=O) groups excluding carboxylic acids is 1. The van der Waals surface area contributed by atoms with Gasteiger partial charge in [0.1, 0.15) is 6.54 Å². The zero-order valence-electron chi connectivity index (χ0n) is 17.2. The molecule has 1 amide bonds. The number of carbonyl (C=O) groups is 1. The smallest absolute Gasteiger partial charge is 0.348 e. The number of nitrogens with zero attached hydrogens (tertiary/aromatic N) is 5. The lowest BCUT2D eigenvalue weighted by Gasteiger charge is -2.14. The standard InChI is InChI=1S/C21H21F3N6O/c1-12-16-6-14(4-5-18(16)29(3)28-12)7-20(31)27-13(2)17-8-15-9-26-30(11-21(22,23)24)19(15)10-25-17/h4-6,8-10,13H,7,11H2,1-3H3,(H,27,31)/t13-/m1/s1. The highest BCUT2D eigenvalue weighted by atomic mass is 19.4. The van der Waals surface area contributed by atoms with Crippen LogP contribution >= 0.6 is 0 Å². The molecule has 10 heteroatoms. The molecule has 0 unspecified atom stereocenters. The number of fused-ring (bicyclic) bond motifs is 2. The molecule has 0 fully saturated rings.